The smallest absolute Gasteiger partial charge is 0.0721 e. The van der Waals surface area contributed by atoms with Crippen LogP contribution in [-0.2, 0) is 0 Å². The van der Waals surface area contributed by atoms with Crippen LogP contribution < -0.4 is 0 Å². The third-order valence-electron chi connectivity index (χ3n) is 8.59. The highest BCUT2D eigenvalue weighted by molar-refractivity contribution is 9.09. The summed E-state index contributed by atoms with van der Waals surface area (Å²) in [5, 5.41) is 31.8. The van der Waals surface area contributed by atoms with Gasteiger partial charge in [0, 0.05) is 4.83 Å². The summed E-state index contributed by atoms with van der Waals surface area (Å²) < 4.78 is 0. The molecule has 4 aliphatic rings. The molecule has 3 N–H and O–H groups in total. The normalized spacial score (nSPS) is 62.3. The van der Waals surface area contributed by atoms with Crippen molar-refractivity contribution < 1.29 is 15.3 Å². The Morgan fingerprint density at radius 1 is 0.870 bits per heavy atom. The van der Waals surface area contributed by atoms with E-state index in [0.717, 1.165) is 44.9 Å². The van der Waals surface area contributed by atoms with Crippen LogP contribution in [0, 0.1) is 34.5 Å². The van der Waals surface area contributed by atoms with E-state index in [1.165, 1.54) is 0 Å². The van der Waals surface area contributed by atoms with Crippen molar-refractivity contribution in [3.05, 3.63) is 0 Å². The van der Waals surface area contributed by atoms with Gasteiger partial charge in [-0.25, -0.2) is 0 Å². The minimum Gasteiger partial charge on any atom is -0.393 e. The molecule has 0 heterocycles. The SMILES string of the molecule is C[C@]12CCC(O)C[C@@H]1C[C@H](O)[C@@H]1[C@@H]2CC[C@]2(C)C(O)[C@@H](Br)C[C@@H]12. The van der Waals surface area contributed by atoms with Crippen molar-refractivity contribution in [1.29, 1.82) is 0 Å². The molecule has 0 aromatic carbocycles. The monoisotopic (exact) mass is 386 g/mol. The number of aliphatic hydroxyl groups excluding tert-OH is 3. The Morgan fingerprint density at radius 2 is 1.57 bits per heavy atom. The molecule has 0 aliphatic heterocycles. The molecule has 0 aromatic rings. The van der Waals surface area contributed by atoms with Crippen LogP contribution in [0.2, 0.25) is 0 Å². The van der Waals surface area contributed by atoms with Crippen LogP contribution in [0.25, 0.3) is 0 Å². The van der Waals surface area contributed by atoms with Crippen molar-refractivity contribution in [3.63, 3.8) is 0 Å². The van der Waals surface area contributed by atoms with Crippen LogP contribution in [-0.4, -0.2) is 38.5 Å². The molecule has 0 saturated heterocycles. The van der Waals surface area contributed by atoms with Gasteiger partial charge in [0.25, 0.3) is 0 Å². The standard InChI is InChI=1S/C19H31BrO3/c1-18-5-3-11(21)7-10(18)8-15(22)16-12(18)4-6-19(2)13(16)9-14(20)17(19)23/h10-17,21-23H,3-9H2,1-2H3/t10-,11?,12+,13+,14+,15+,16-,17?,18+,19+/m1/s1. The molecule has 4 heteroatoms. The first kappa shape index (κ1) is 16.8. The molecule has 3 nitrogen and oxygen atoms in total. The van der Waals surface area contributed by atoms with Crippen molar-refractivity contribution in [1.82, 2.24) is 0 Å². The Bertz CT molecular complexity index is 485. The van der Waals surface area contributed by atoms with Gasteiger partial charge in [0.1, 0.15) is 0 Å². The van der Waals surface area contributed by atoms with E-state index in [9.17, 15) is 15.3 Å². The summed E-state index contributed by atoms with van der Waals surface area (Å²) in [6, 6.07) is 0. The van der Waals surface area contributed by atoms with E-state index in [1.807, 2.05) is 0 Å². The van der Waals surface area contributed by atoms with Crippen molar-refractivity contribution in [3.8, 4) is 0 Å². The number of rotatable bonds is 0. The fourth-order valence-electron chi connectivity index (χ4n) is 7.15. The molecule has 0 radical (unpaired) electrons. The maximum absolute atomic E-state index is 11.0. The predicted molar refractivity (Wildman–Crippen MR) is 93.2 cm³/mol. The van der Waals surface area contributed by atoms with Crippen molar-refractivity contribution >= 4 is 15.9 Å². The maximum Gasteiger partial charge on any atom is 0.0721 e. The third kappa shape index (κ3) is 2.24. The molecular weight excluding hydrogens is 356 g/mol. The molecule has 0 spiro atoms. The van der Waals surface area contributed by atoms with E-state index in [-0.39, 0.29) is 34.0 Å². The lowest BCUT2D eigenvalue weighted by atomic mass is 9.44. The fourth-order valence-corrected chi connectivity index (χ4v) is 8.15. The van der Waals surface area contributed by atoms with Crippen LogP contribution in [0.1, 0.15) is 58.8 Å². The van der Waals surface area contributed by atoms with Gasteiger partial charge in [-0.3, -0.25) is 0 Å². The zero-order valence-electron chi connectivity index (χ0n) is 14.3. The van der Waals surface area contributed by atoms with Crippen molar-refractivity contribution in [2.75, 3.05) is 0 Å². The van der Waals surface area contributed by atoms with Gasteiger partial charge in [0.2, 0.25) is 0 Å². The Balaban J connectivity index is 1.68. The molecule has 2 unspecified atom stereocenters. The first-order valence-corrected chi connectivity index (χ1v) is 10.4. The van der Waals surface area contributed by atoms with Crippen molar-refractivity contribution in [2.24, 2.45) is 34.5 Å². The van der Waals surface area contributed by atoms with Gasteiger partial charge in [-0.15, -0.1) is 0 Å². The summed E-state index contributed by atoms with van der Waals surface area (Å²) in [6.45, 7) is 4.67. The van der Waals surface area contributed by atoms with Crippen LogP contribution in [0.3, 0.4) is 0 Å². The highest BCUT2D eigenvalue weighted by Gasteiger charge is 2.63. The summed E-state index contributed by atoms with van der Waals surface area (Å²) in [6.07, 6.45) is 6.15. The number of hydrogen-bond acceptors (Lipinski definition) is 3. The minimum atomic E-state index is -0.292. The van der Waals surface area contributed by atoms with Crippen LogP contribution in [0.4, 0.5) is 0 Å². The molecule has 0 aromatic heterocycles. The minimum absolute atomic E-state index is 0.0479. The van der Waals surface area contributed by atoms with E-state index in [4.69, 9.17) is 0 Å². The van der Waals surface area contributed by atoms with Gasteiger partial charge in [-0.1, -0.05) is 29.8 Å². The van der Waals surface area contributed by atoms with E-state index >= 15 is 0 Å². The average molecular weight is 387 g/mol. The van der Waals surface area contributed by atoms with Gasteiger partial charge >= 0.3 is 0 Å². The van der Waals surface area contributed by atoms with E-state index in [1.54, 1.807) is 0 Å². The second-order valence-corrected chi connectivity index (χ2v) is 10.6. The third-order valence-corrected chi connectivity index (χ3v) is 9.47. The number of alkyl halides is 1. The molecule has 132 valence electrons. The predicted octanol–water partition coefficient (Wildman–Crippen LogP) is 3.10. The summed E-state index contributed by atoms with van der Waals surface area (Å²) in [4.78, 5) is 0.169. The molecule has 10 atom stereocenters. The molecule has 0 amide bonds. The fraction of sp³-hybridized carbons (Fsp3) is 1.00. The summed E-state index contributed by atoms with van der Waals surface area (Å²) in [7, 11) is 0. The maximum atomic E-state index is 11.0. The van der Waals surface area contributed by atoms with Crippen LogP contribution >= 0.6 is 15.9 Å². The number of halogens is 1. The van der Waals surface area contributed by atoms with Gasteiger partial charge < -0.3 is 15.3 Å². The lowest BCUT2D eigenvalue weighted by Gasteiger charge is -2.61. The van der Waals surface area contributed by atoms with E-state index in [2.05, 4.69) is 29.8 Å². The van der Waals surface area contributed by atoms with E-state index < -0.39 is 0 Å². The molecular formula is C19H31BrO3. The van der Waals surface area contributed by atoms with Gasteiger partial charge in [0.05, 0.1) is 18.3 Å². The quantitative estimate of drug-likeness (QED) is 0.560. The van der Waals surface area contributed by atoms with E-state index in [0.29, 0.717) is 23.7 Å². The van der Waals surface area contributed by atoms with Crippen LogP contribution in [0.5, 0.6) is 0 Å². The lowest BCUT2D eigenvalue weighted by Crippen LogP contribution is -2.58. The number of aliphatic hydroxyl groups is 3. The van der Waals surface area contributed by atoms with Crippen molar-refractivity contribution in [2.45, 2.75) is 81.9 Å². The second-order valence-electron chi connectivity index (χ2n) is 9.47. The summed E-state index contributed by atoms with van der Waals surface area (Å²) >= 11 is 3.69. The molecule has 4 rings (SSSR count). The molecule has 4 saturated carbocycles. The second kappa shape index (κ2) is 5.43. The zero-order chi connectivity index (χ0) is 16.6. The zero-order valence-corrected chi connectivity index (χ0v) is 15.9. The Morgan fingerprint density at radius 3 is 2.30 bits per heavy atom. The highest BCUT2D eigenvalue weighted by atomic mass is 79.9. The van der Waals surface area contributed by atoms with Gasteiger partial charge in [-0.2, -0.15) is 0 Å². The Kier molecular flexibility index (Phi) is 3.97. The molecule has 23 heavy (non-hydrogen) atoms. The molecule has 0 bridgehead atoms. The largest absolute Gasteiger partial charge is 0.393 e. The first-order chi connectivity index (χ1) is 10.8. The van der Waals surface area contributed by atoms with Gasteiger partial charge in [0.15, 0.2) is 0 Å². The van der Waals surface area contributed by atoms with Crippen LogP contribution in [0.15, 0.2) is 0 Å². The summed E-state index contributed by atoms with van der Waals surface area (Å²) in [5.74, 6) is 1.74. The first-order valence-electron chi connectivity index (χ1n) is 9.45. The topological polar surface area (TPSA) is 60.7 Å². The Hall–Kier alpha value is 0.360. The molecule has 4 aliphatic carbocycles. The average Bonchev–Trinajstić information content (AvgIpc) is 2.73. The molecule has 4 fully saturated rings. The number of hydrogen-bond donors (Lipinski definition) is 3. The lowest BCUT2D eigenvalue weighted by molar-refractivity contribution is -0.176. The Labute approximate surface area is 148 Å². The summed E-state index contributed by atoms with van der Waals surface area (Å²) in [5.41, 5.74) is 0.216. The number of fused-ring (bicyclic) bond motifs is 5. The highest BCUT2D eigenvalue weighted by Crippen LogP contribution is 2.66. The van der Waals surface area contributed by atoms with Gasteiger partial charge in [-0.05, 0) is 79.4 Å².